The van der Waals surface area contributed by atoms with Gasteiger partial charge >= 0.3 is 0 Å². The lowest BCUT2D eigenvalue weighted by atomic mass is 9.89. The maximum absolute atomic E-state index is 12.5. The maximum atomic E-state index is 12.5. The van der Waals surface area contributed by atoms with E-state index in [1.807, 2.05) is 51.5 Å². The Hall–Kier alpha value is -4.21. The van der Waals surface area contributed by atoms with Crippen molar-refractivity contribution in [1.29, 1.82) is 0 Å². The van der Waals surface area contributed by atoms with Crippen LogP contribution in [0.4, 0.5) is 0 Å². The van der Waals surface area contributed by atoms with Crippen molar-refractivity contribution >= 4 is 25.8 Å². The highest BCUT2D eigenvalue weighted by molar-refractivity contribution is 7.86. The molecule has 8 heteroatoms. The molecule has 0 fully saturated rings. The minimum Gasteiger partial charge on any atom is -0.282 e. The van der Waals surface area contributed by atoms with Gasteiger partial charge in [-0.15, -0.1) is 0 Å². The van der Waals surface area contributed by atoms with Crippen LogP contribution in [0, 0.1) is 54.9 Å². The Morgan fingerprint density at radius 2 is 1.35 bits per heavy atom. The van der Waals surface area contributed by atoms with Crippen LogP contribution in [0.5, 0.6) is 0 Å². The van der Waals surface area contributed by atoms with Crippen LogP contribution in [-0.2, 0) is 33.1 Å². The van der Waals surface area contributed by atoms with E-state index >= 15 is 0 Å². The van der Waals surface area contributed by atoms with Crippen molar-refractivity contribution < 1.29 is 25.9 Å². The Morgan fingerprint density at radius 1 is 0.735 bits per heavy atom. The van der Waals surface area contributed by atoms with Gasteiger partial charge in [0.25, 0.3) is 20.2 Å². The zero-order valence-electron chi connectivity index (χ0n) is 29.5. The fourth-order valence-corrected chi connectivity index (χ4v) is 8.36. The molecule has 0 atom stereocenters. The molecular weight excluding hydrogens is 653 g/mol. The summed E-state index contributed by atoms with van der Waals surface area (Å²) in [6.45, 7) is 19.7. The van der Waals surface area contributed by atoms with Gasteiger partial charge in [0.2, 0.25) is 0 Å². The summed E-state index contributed by atoms with van der Waals surface area (Å²) >= 11 is 0. The van der Waals surface area contributed by atoms with Crippen LogP contribution < -0.4 is 0 Å². The van der Waals surface area contributed by atoms with E-state index in [0.29, 0.717) is 28.7 Å². The first-order valence-corrected chi connectivity index (χ1v) is 18.9. The summed E-state index contributed by atoms with van der Waals surface area (Å²) in [7, 11) is -8.96. The van der Waals surface area contributed by atoms with Gasteiger partial charge in [0, 0.05) is 24.0 Å². The minimum absolute atomic E-state index is 0.0892. The lowest BCUT2D eigenvalue weighted by molar-refractivity contribution is 0.480. The number of hydrogen-bond acceptors (Lipinski definition) is 4. The van der Waals surface area contributed by atoms with Gasteiger partial charge in [0.05, 0.1) is 23.3 Å². The molecule has 0 amide bonds. The summed E-state index contributed by atoms with van der Waals surface area (Å²) < 4.78 is 69.5. The number of allylic oxidation sites excluding steroid dienone is 4. The van der Waals surface area contributed by atoms with E-state index in [2.05, 4.69) is 45.5 Å². The second-order valence-corrected chi connectivity index (χ2v) is 15.8. The predicted molar refractivity (Wildman–Crippen MR) is 199 cm³/mol. The molecule has 0 saturated heterocycles. The summed E-state index contributed by atoms with van der Waals surface area (Å²) in [5, 5.41) is 0. The monoisotopic (exact) mass is 697 g/mol. The molecule has 256 valence electrons. The van der Waals surface area contributed by atoms with Crippen molar-refractivity contribution in [2.75, 3.05) is 0 Å². The van der Waals surface area contributed by atoms with E-state index in [0.717, 1.165) is 45.4 Å². The van der Waals surface area contributed by atoms with Crippen LogP contribution in [0.1, 0.15) is 73.7 Å². The highest BCUT2D eigenvalue weighted by atomic mass is 32.2. The van der Waals surface area contributed by atoms with E-state index in [9.17, 15) is 25.9 Å². The van der Waals surface area contributed by atoms with Crippen LogP contribution in [0.2, 0.25) is 0 Å². The third kappa shape index (κ3) is 8.69. The standard InChI is InChI=1S/C41H44O6S2/c1-25(2)33(23-39-30(7)21-31(8)41(32(39)9)49(45,46)47)13-12-15-36(37-14-10-11-16-40(37)48(42,43)44)35-18-17-34(27(4)22-35)24-38-28(5)19-26(3)20-29(38)6/h10-22H,1,23-24H2,2-9H3,(H-,42,43,44,45,46,47)/p+1/b33-13-,36-15?. The van der Waals surface area contributed by atoms with Crippen LogP contribution in [0.15, 0.2) is 100 Å². The van der Waals surface area contributed by atoms with Crippen LogP contribution in [0.25, 0.3) is 5.57 Å². The van der Waals surface area contributed by atoms with Gasteiger partial charge < -0.3 is 0 Å². The summed E-state index contributed by atoms with van der Waals surface area (Å²) in [5.74, 6) is 0. The van der Waals surface area contributed by atoms with E-state index in [4.69, 9.17) is 0 Å². The first kappa shape index (κ1) is 37.6. The Balaban J connectivity index is 1.81. The predicted octanol–water partition coefficient (Wildman–Crippen LogP) is 9.31. The maximum Gasteiger partial charge on any atom is 0.296 e. The van der Waals surface area contributed by atoms with Crippen molar-refractivity contribution in [3.8, 4) is 0 Å². The number of benzene rings is 4. The average molecular weight is 698 g/mol. The minimum atomic E-state index is -4.54. The van der Waals surface area contributed by atoms with Crippen LogP contribution in [-0.4, -0.2) is 25.9 Å². The molecular formula is C41H45O6S2+. The second kappa shape index (κ2) is 14.7. The molecule has 0 spiro atoms. The Kier molecular flexibility index (Phi) is 11.3. The van der Waals surface area contributed by atoms with Gasteiger partial charge in [-0.3, -0.25) is 9.11 Å². The molecule has 4 aromatic carbocycles. The van der Waals surface area contributed by atoms with Crippen molar-refractivity contribution in [3.05, 3.63) is 164 Å². The van der Waals surface area contributed by atoms with E-state index in [1.54, 1.807) is 38.1 Å². The largest absolute Gasteiger partial charge is 0.296 e. The zero-order valence-corrected chi connectivity index (χ0v) is 31.1. The smallest absolute Gasteiger partial charge is 0.282 e. The molecule has 4 rings (SSSR count). The first-order valence-electron chi connectivity index (χ1n) is 16.0. The van der Waals surface area contributed by atoms with E-state index < -0.39 is 20.2 Å². The number of hydrogen-bond donors (Lipinski definition) is 2. The first-order chi connectivity index (χ1) is 22.8. The molecule has 0 radical (unpaired) electrons. The third-order valence-corrected chi connectivity index (χ3v) is 11.2. The third-order valence-electron chi connectivity index (χ3n) is 9.11. The van der Waals surface area contributed by atoms with E-state index in [1.165, 1.54) is 28.3 Å². The van der Waals surface area contributed by atoms with Gasteiger partial charge in [0.1, 0.15) is 9.79 Å². The summed E-state index contributed by atoms with van der Waals surface area (Å²) in [4.78, 5) is -0.288. The average Bonchev–Trinajstić information content (AvgIpc) is 2.97. The Morgan fingerprint density at radius 3 is 1.92 bits per heavy atom. The van der Waals surface area contributed by atoms with Gasteiger partial charge in [-0.05, 0) is 142 Å². The molecule has 0 aliphatic heterocycles. The van der Waals surface area contributed by atoms with Crippen LogP contribution in [0.3, 0.4) is 0 Å². The lowest BCUT2D eigenvalue weighted by Crippen LogP contribution is -2.09. The van der Waals surface area contributed by atoms with Crippen molar-refractivity contribution in [2.24, 2.45) is 0 Å². The molecule has 6 nitrogen and oxygen atoms in total. The molecule has 0 aliphatic carbocycles. The normalized spacial score (nSPS) is 12.7. The van der Waals surface area contributed by atoms with Gasteiger partial charge in [0.15, 0.2) is 0 Å². The van der Waals surface area contributed by atoms with Gasteiger partial charge in [-0.1, -0.05) is 48.5 Å². The summed E-state index contributed by atoms with van der Waals surface area (Å²) in [6.07, 6.45) is 6.62. The summed E-state index contributed by atoms with van der Waals surface area (Å²) in [5.41, 5.74) is 13.1. The topological polar surface area (TPSA) is 109 Å². The van der Waals surface area contributed by atoms with Crippen molar-refractivity contribution in [3.63, 3.8) is 0 Å². The molecule has 0 saturated carbocycles. The molecule has 0 unspecified atom stereocenters. The van der Waals surface area contributed by atoms with Crippen molar-refractivity contribution in [2.45, 2.75) is 78.0 Å². The SMILES string of the molecule is C=C(C)/C(=C\[CH+]C=C(c1ccc(Cc2c(C)cc(C)cc2C)c(C)c1)c1ccccc1S(=O)(=O)O)Cc1c(C)cc(C)c(S(=O)(=O)O)c1C. The van der Waals surface area contributed by atoms with Gasteiger partial charge in [-0.25, -0.2) is 0 Å². The zero-order chi connectivity index (χ0) is 36.4. The quantitative estimate of drug-likeness (QED) is 0.0919. The lowest BCUT2D eigenvalue weighted by Gasteiger charge is -2.16. The molecule has 2 N–H and O–H groups in total. The highest BCUT2D eigenvalue weighted by Crippen LogP contribution is 2.33. The fraction of sp³-hybridized carbons (Fsp3) is 0.244. The molecule has 0 aromatic heterocycles. The Bertz CT molecular complexity index is 2210. The van der Waals surface area contributed by atoms with Crippen LogP contribution >= 0.6 is 0 Å². The fourth-order valence-electron chi connectivity index (χ4n) is 6.67. The number of aryl methyl sites for hydroxylation is 6. The molecule has 0 heterocycles. The molecule has 0 bridgehead atoms. The second-order valence-electron chi connectivity index (χ2n) is 13.0. The number of rotatable bonds is 11. The molecule has 0 aliphatic rings. The summed E-state index contributed by atoms with van der Waals surface area (Å²) in [6, 6.07) is 18.6. The van der Waals surface area contributed by atoms with Gasteiger partial charge in [-0.2, -0.15) is 16.8 Å². The molecule has 4 aromatic rings. The highest BCUT2D eigenvalue weighted by Gasteiger charge is 2.24. The Labute approximate surface area is 292 Å². The van der Waals surface area contributed by atoms with E-state index in [-0.39, 0.29) is 9.79 Å². The molecule has 49 heavy (non-hydrogen) atoms. The van der Waals surface area contributed by atoms with Crippen molar-refractivity contribution in [1.82, 2.24) is 0 Å².